The fourth-order valence-electron chi connectivity index (χ4n) is 4.86. The molecule has 3 N–H and O–H groups in total. The van der Waals surface area contributed by atoms with Crippen molar-refractivity contribution in [3.63, 3.8) is 0 Å². The molecule has 5 aromatic rings. The Hall–Kier alpha value is -4.84. The highest BCUT2D eigenvalue weighted by Gasteiger charge is 2.29. The third-order valence-electron chi connectivity index (χ3n) is 6.49. The number of carboxylic acid groups (broad SMARTS) is 1. The van der Waals surface area contributed by atoms with Gasteiger partial charge in [0.25, 0.3) is 5.56 Å². The molecular formula is C25H20ClN9O3. The Morgan fingerprint density at radius 3 is 2.79 bits per heavy atom. The van der Waals surface area contributed by atoms with Gasteiger partial charge in [-0.1, -0.05) is 11.6 Å². The quantitative estimate of drug-likeness (QED) is 0.310. The number of aromatic amines is 1. The maximum Gasteiger partial charge on any atom is 0.410 e. The summed E-state index contributed by atoms with van der Waals surface area (Å²) in [5, 5.41) is 23.0. The van der Waals surface area contributed by atoms with Crippen LogP contribution in [-0.2, 0) is 6.42 Å². The van der Waals surface area contributed by atoms with Crippen LogP contribution in [0.2, 0.25) is 5.02 Å². The first-order valence-electron chi connectivity index (χ1n) is 11.7. The molecule has 1 aromatic carbocycles. The van der Waals surface area contributed by atoms with E-state index in [2.05, 4.69) is 30.8 Å². The molecule has 38 heavy (non-hydrogen) atoms. The predicted molar refractivity (Wildman–Crippen MR) is 139 cm³/mol. The lowest BCUT2D eigenvalue weighted by atomic mass is 10.0. The number of fused-ring (bicyclic) bond motifs is 1. The van der Waals surface area contributed by atoms with Crippen molar-refractivity contribution < 1.29 is 9.90 Å². The third-order valence-corrected chi connectivity index (χ3v) is 6.72. The number of anilines is 1. The molecule has 1 atom stereocenters. The van der Waals surface area contributed by atoms with E-state index < -0.39 is 6.09 Å². The minimum absolute atomic E-state index is 0.149. The second-order valence-corrected chi connectivity index (χ2v) is 9.31. The summed E-state index contributed by atoms with van der Waals surface area (Å²) in [6, 6.07) is 12.0. The molecule has 0 unspecified atom stereocenters. The minimum Gasteiger partial charge on any atom is -0.465 e. The number of hydrogen-bond acceptors (Lipinski definition) is 7. The Balaban J connectivity index is 1.35. The van der Waals surface area contributed by atoms with Gasteiger partial charge in [-0.25, -0.2) is 14.8 Å². The van der Waals surface area contributed by atoms with E-state index in [0.29, 0.717) is 35.1 Å². The van der Waals surface area contributed by atoms with Gasteiger partial charge in [-0.3, -0.25) is 10.1 Å². The number of imidazole rings is 1. The summed E-state index contributed by atoms with van der Waals surface area (Å²) >= 11 is 6.30. The zero-order chi connectivity index (χ0) is 26.4. The number of halogens is 1. The number of nitrogens with zero attached hydrogens (tertiary/aromatic N) is 7. The van der Waals surface area contributed by atoms with Crippen molar-refractivity contribution in [2.45, 2.75) is 25.8 Å². The van der Waals surface area contributed by atoms with Gasteiger partial charge >= 0.3 is 6.09 Å². The van der Waals surface area contributed by atoms with Crippen LogP contribution in [0.5, 0.6) is 0 Å². The van der Waals surface area contributed by atoms with Crippen LogP contribution in [0.1, 0.15) is 29.7 Å². The highest BCUT2D eigenvalue weighted by Crippen LogP contribution is 2.35. The largest absolute Gasteiger partial charge is 0.465 e. The molecule has 1 aliphatic heterocycles. The first-order chi connectivity index (χ1) is 18.4. The number of aryl methyl sites for hydroxylation is 2. The molecule has 0 bridgehead atoms. The van der Waals surface area contributed by atoms with Crippen LogP contribution >= 0.6 is 11.6 Å². The molecular weight excluding hydrogens is 510 g/mol. The standard InChI is InChI=1S/C25H20ClN9O3/c1-13-23(14-2-7-21(27-11-14)30-25(37)38)31-24(29-13)20-6-4-17-8-15(9-22(36)35(17)20)18-10-16(26)3-5-19(18)34-12-28-32-33-34/h2-3,5,7-12,20H,4,6H2,1H3,(H,27,30)(H,29,31)(H,37,38)/t20-/m0/s1. The Morgan fingerprint density at radius 1 is 1.18 bits per heavy atom. The summed E-state index contributed by atoms with van der Waals surface area (Å²) in [5.41, 5.74) is 5.18. The summed E-state index contributed by atoms with van der Waals surface area (Å²) < 4.78 is 3.30. The van der Waals surface area contributed by atoms with Gasteiger partial charge in [0.15, 0.2) is 0 Å². The number of amides is 1. The summed E-state index contributed by atoms with van der Waals surface area (Å²) in [7, 11) is 0. The van der Waals surface area contributed by atoms with E-state index in [4.69, 9.17) is 21.7 Å². The SMILES string of the molecule is Cc1[nH]c([C@@H]2CCc3cc(-c4cc(Cl)ccc4-n4cnnn4)cc(=O)n32)nc1-c1ccc(NC(=O)O)nc1. The van der Waals surface area contributed by atoms with Crippen LogP contribution in [0.4, 0.5) is 10.6 Å². The van der Waals surface area contributed by atoms with Gasteiger partial charge in [0.2, 0.25) is 0 Å². The van der Waals surface area contributed by atoms with E-state index in [-0.39, 0.29) is 17.4 Å². The molecule has 1 amide bonds. The maximum atomic E-state index is 13.4. The molecule has 0 saturated carbocycles. The fraction of sp³-hybridized carbons (Fsp3) is 0.160. The zero-order valence-corrected chi connectivity index (χ0v) is 20.7. The molecule has 5 heterocycles. The number of hydrogen-bond donors (Lipinski definition) is 3. The van der Waals surface area contributed by atoms with Crippen molar-refractivity contribution in [3.8, 4) is 28.1 Å². The van der Waals surface area contributed by atoms with E-state index in [9.17, 15) is 9.59 Å². The van der Waals surface area contributed by atoms with Crippen LogP contribution < -0.4 is 10.9 Å². The Labute approximate surface area is 220 Å². The van der Waals surface area contributed by atoms with Gasteiger partial charge < -0.3 is 14.7 Å². The van der Waals surface area contributed by atoms with E-state index in [1.165, 1.54) is 11.0 Å². The second-order valence-electron chi connectivity index (χ2n) is 8.87. The van der Waals surface area contributed by atoms with Gasteiger partial charge in [-0.15, -0.1) is 5.10 Å². The maximum absolute atomic E-state index is 13.4. The molecule has 6 rings (SSSR count). The van der Waals surface area contributed by atoms with Gasteiger partial charge in [0, 0.05) is 39.8 Å². The molecule has 1 aliphatic rings. The lowest BCUT2D eigenvalue weighted by Gasteiger charge is -2.15. The number of pyridine rings is 2. The molecule has 12 nitrogen and oxygen atoms in total. The second kappa shape index (κ2) is 9.23. The average molecular weight is 530 g/mol. The van der Waals surface area contributed by atoms with Crippen molar-refractivity contribution in [2.24, 2.45) is 0 Å². The first kappa shape index (κ1) is 23.6. The average Bonchev–Trinajstić information content (AvgIpc) is 3.64. The van der Waals surface area contributed by atoms with Crippen molar-refractivity contribution in [1.82, 2.24) is 39.7 Å². The highest BCUT2D eigenvalue weighted by molar-refractivity contribution is 6.31. The lowest BCUT2D eigenvalue weighted by molar-refractivity contribution is 0.209. The number of H-pyrrole nitrogens is 1. The van der Waals surface area contributed by atoms with E-state index in [1.807, 2.05) is 19.1 Å². The van der Waals surface area contributed by atoms with Gasteiger partial charge in [-0.2, -0.15) is 4.68 Å². The zero-order valence-electron chi connectivity index (χ0n) is 20.0. The monoisotopic (exact) mass is 529 g/mol. The molecule has 0 saturated heterocycles. The third kappa shape index (κ3) is 4.20. The van der Waals surface area contributed by atoms with Crippen LogP contribution in [0.15, 0.2) is 59.8 Å². The first-order valence-corrected chi connectivity index (χ1v) is 12.1. The normalized spacial score (nSPS) is 14.4. The summed E-state index contributed by atoms with van der Waals surface area (Å²) in [6.07, 6.45) is 3.28. The van der Waals surface area contributed by atoms with Gasteiger partial charge in [0.05, 0.1) is 17.4 Å². The summed E-state index contributed by atoms with van der Waals surface area (Å²) in [4.78, 5) is 36.5. The highest BCUT2D eigenvalue weighted by atomic mass is 35.5. The topological polar surface area (TPSA) is 156 Å². The molecule has 0 spiro atoms. The summed E-state index contributed by atoms with van der Waals surface area (Å²) in [5.74, 6) is 0.903. The molecule has 0 fully saturated rings. The summed E-state index contributed by atoms with van der Waals surface area (Å²) in [6.45, 7) is 1.90. The number of tetrazole rings is 1. The number of carbonyl (C=O) groups is 1. The smallest absolute Gasteiger partial charge is 0.410 e. The molecule has 13 heteroatoms. The molecule has 0 radical (unpaired) electrons. The van der Waals surface area contributed by atoms with Crippen molar-refractivity contribution in [2.75, 3.05) is 5.32 Å². The Bertz CT molecular complexity index is 1730. The molecule has 4 aromatic heterocycles. The predicted octanol–water partition coefficient (Wildman–Crippen LogP) is 3.86. The van der Waals surface area contributed by atoms with Crippen LogP contribution in [0.25, 0.3) is 28.1 Å². The lowest BCUT2D eigenvalue weighted by Crippen LogP contribution is -2.24. The fourth-order valence-corrected chi connectivity index (χ4v) is 5.03. The molecule has 190 valence electrons. The van der Waals surface area contributed by atoms with Gasteiger partial charge in [0.1, 0.15) is 18.0 Å². The van der Waals surface area contributed by atoms with Crippen molar-refractivity contribution in [3.05, 3.63) is 87.6 Å². The molecule has 0 aliphatic carbocycles. The Morgan fingerprint density at radius 2 is 2.05 bits per heavy atom. The number of aromatic nitrogens is 8. The number of rotatable bonds is 5. The van der Waals surface area contributed by atoms with Gasteiger partial charge in [-0.05, 0) is 72.2 Å². The van der Waals surface area contributed by atoms with Crippen molar-refractivity contribution >= 4 is 23.5 Å². The van der Waals surface area contributed by atoms with Crippen LogP contribution in [0.3, 0.4) is 0 Å². The Kier molecular flexibility index (Phi) is 5.72. The van der Waals surface area contributed by atoms with Crippen LogP contribution in [-0.4, -0.2) is 50.9 Å². The number of benzene rings is 1. The van der Waals surface area contributed by atoms with E-state index in [0.717, 1.165) is 28.1 Å². The van der Waals surface area contributed by atoms with E-state index >= 15 is 0 Å². The van der Waals surface area contributed by atoms with E-state index in [1.54, 1.807) is 41.1 Å². The van der Waals surface area contributed by atoms with Crippen LogP contribution in [0, 0.1) is 6.92 Å². The minimum atomic E-state index is -1.18. The van der Waals surface area contributed by atoms with Crippen molar-refractivity contribution in [1.29, 1.82) is 0 Å². The number of nitrogens with one attached hydrogen (secondary N) is 2.